The summed E-state index contributed by atoms with van der Waals surface area (Å²) < 4.78 is 1.35. The molecule has 0 radical (unpaired) electrons. The summed E-state index contributed by atoms with van der Waals surface area (Å²) in [6.45, 7) is 2.79. The molecule has 7 nitrogen and oxygen atoms in total. The minimum Gasteiger partial charge on any atom is -0.383 e. The van der Waals surface area contributed by atoms with E-state index in [0.717, 1.165) is 12.1 Å². The van der Waals surface area contributed by atoms with Crippen molar-refractivity contribution in [2.75, 3.05) is 11.1 Å². The third kappa shape index (κ3) is 2.84. The normalized spacial score (nSPS) is 10.6. The lowest BCUT2D eigenvalue weighted by Crippen LogP contribution is -2.34. The zero-order chi connectivity index (χ0) is 13.8. The fraction of sp³-hybridized carbons (Fsp3) is 0.364. The third-order valence-electron chi connectivity index (χ3n) is 2.62. The lowest BCUT2D eigenvalue weighted by molar-refractivity contribution is 0.642. The molecule has 8 heteroatoms. The second-order valence-electron chi connectivity index (χ2n) is 4.00. The van der Waals surface area contributed by atoms with Crippen molar-refractivity contribution in [3.8, 4) is 0 Å². The Morgan fingerprint density at radius 3 is 2.95 bits per heavy atom. The van der Waals surface area contributed by atoms with Gasteiger partial charge in [0.05, 0.1) is 17.7 Å². The Labute approximate surface area is 113 Å². The standard InChI is InChI=1S/C11H15N5O2S/c1-2-3-16-9(12)8(10(17)15-11(16)18)13-4-7-5-19-6-14-7/h5-6,13H,2-4,12H2,1H3,(H,15,17,18). The van der Waals surface area contributed by atoms with Crippen LogP contribution in [-0.4, -0.2) is 14.5 Å². The van der Waals surface area contributed by atoms with Crippen LogP contribution in [0.3, 0.4) is 0 Å². The molecule has 2 rings (SSSR count). The van der Waals surface area contributed by atoms with Crippen LogP contribution in [0.5, 0.6) is 0 Å². The first-order valence-electron chi connectivity index (χ1n) is 5.87. The van der Waals surface area contributed by atoms with Crippen molar-refractivity contribution in [2.45, 2.75) is 26.4 Å². The number of aromatic amines is 1. The highest BCUT2D eigenvalue weighted by Crippen LogP contribution is 2.12. The molecule has 0 aromatic carbocycles. The Balaban J connectivity index is 2.31. The molecule has 0 aliphatic carbocycles. The van der Waals surface area contributed by atoms with E-state index in [-0.39, 0.29) is 11.5 Å². The highest BCUT2D eigenvalue weighted by atomic mass is 32.1. The topological polar surface area (TPSA) is 106 Å². The largest absolute Gasteiger partial charge is 0.383 e. The predicted octanol–water partition coefficient (Wildman–Crippen LogP) is 0.597. The van der Waals surface area contributed by atoms with E-state index in [0.29, 0.717) is 13.1 Å². The highest BCUT2D eigenvalue weighted by Gasteiger charge is 2.11. The van der Waals surface area contributed by atoms with Crippen LogP contribution in [0.1, 0.15) is 19.0 Å². The van der Waals surface area contributed by atoms with E-state index in [2.05, 4.69) is 15.3 Å². The molecule has 0 amide bonds. The number of hydrogen-bond acceptors (Lipinski definition) is 6. The number of nitrogen functional groups attached to an aromatic ring is 1. The maximum Gasteiger partial charge on any atom is 0.330 e. The quantitative estimate of drug-likeness (QED) is 0.744. The van der Waals surface area contributed by atoms with Crippen LogP contribution in [0.15, 0.2) is 20.5 Å². The summed E-state index contributed by atoms with van der Waals surface area (Å²) in [7, 11) is 0. The van der Waals surface area contributed by atoms with Crippen LogP contribution in [0, 0.1) is 0 Å². The molecule has 0 aliphatic heterocycles. The van der Waals surface area contributed by atoms with Gasteiger partial charge in [-0.25, -0.2) is 9.78 Å². The van der Waals surface area contributed by atoms with E-state index in [1.54, 1.807) is 5.51 Å². The molecular weight excluding hydrogens is 266 g/mol. The van der Waals surface area contributed by atoms with Crippen molar-refractivity contribution in [3.63, 3.8) is 0 Å². The second-order valence-corrected chi connectivity index (χ2v) is 4.72. The van der Waals surface area contributed by atoms with Gasteiger partial charge >= 0.3 is 5.69 Å². The Morgan fingerprint density at radius 2 is 2.32 bits per heavy atom. The average molecular weight is 281 g/mol. The molecule has 0 atom stereocenters. The van der Waals surface area contributed by atoms with Crippen LogP contribution < -0.4 is 22.3 Å². The molecule has 0 spiro atoms. The molecule has 2 heterocycles. The van der Waals surface area contributed by atoms with Crippen molar-refractivity contribution in [3.05, 3.63) is 37.4 Å². The molecule has 2 aromatic heterocycles. The van der Waals surface area contributed by atoms with Gasteiger partial charge in [0.2, 0.25) is 0 Å². The van der Waals surface area contributed by atoms with Gasteiger partial charge in [-0.1, -0.05) is 6.92 Å². The minimum atomic E-state index is -0.509. The predicted molar refractivity (Wildman–Crippen MR) is 75.5 cm³/mol. The van der Waals surface area contributed by atoms with Gasteiger partial charge in [0.1, 0.15) is 11.5 Å². The zero-order valence-corrected chi connectivity index (χ0v) is 11.3. The molecule has 0 fully saturated rings. The molecule has 19 heavy (non-hydrogen) atoms. The summed E-state index contributed by atoms with van der Waals surface area (Å²) >= 11 is 1.47. The van der Waals surface area contributed by atoms with E-state index < -0.39 is 11.2 Å². The van der Waals surface area contributed by atoms with Gasteiger partial charge in [0.25, 0.3) is 5.56 Å². The second kappa shape index (κ2) is 5.70. The number of nitrogens with two attached hydrogens (primary N) is 1. The average Bonchev–Trinajstić information content (AvgIpc) is 2.87. The Morgan fingerprint density at radius 1 is 1.53 bits per heavy atom. The summed E-state index contributed by atoms with van der Waals surface area (Å²) in [5.41, 5.74) is 7.62. The van der Waals surface area contributed by atoms with E-state index in [1.807, 2.05) is 12.3 Å². The number of hydrogen-bond donors (Lipinski definition) is 3. The van der Waals surface area contributed by atoms with Crippen molar-refractivity contribution < 1.29 is 0 Å². The highest BCUT2D eigenvalue weighted by molar-refractivity contribution is 7.07. The van der Waals surface area contributed by atoms with Crippen molar-refractivity contribution in [1.82, 2.24) is 14.5 Å². The van der Waals surface area contributed by atoms with E-state index in [1.165, 1.54) is 15.9 Å². The first-order chi connectivity index (χ1) is 9.13. The van der Waals surface area contributed by atoms with Gasteiger partial charge < -0.3 is 11.1 Å². The van der Waals surface area contributed by atoms with Crippen LogP contribution in [0.2, 0.25) is 0 Å². The summed E-state index contributed by atoms with van der Waals surface area (Å²) in [6, 6.07) is 0. The fourth-order valence-corrected chi connectivity index (χ4v) is 2.27. The molecule has 0 aliphatic rings. The van der Waals surface area contributed by atoms with E-state index in [9.17, 15) is 9.59 Å². The smallest absolute Gasteiger partial charge is 0.330 e. The molecule has 0 bridgehead atoms. The van der Waals surface area contributed by atoms with Crippen LogP contribution in [0.25, 0.3) is 0 Å². The first kappa shape index (κ1) is 13.3. The number of nitrogens with zero attached hydrogens (tertiary/aromatic N) is 2. The fourth-order valence-electron chi connectivity index (χ4n) is 1.71. The van der Waals surface area contributed by atoms with Crippen LogP contribution in [-0.2, 0) is 13.1 Å². The van der Waals surface area contributed by atoms with Crippen LogP contribution >= 0.6 is 11.3 Å². The summed E-state index contributed by atoms with van der Waals surface area (Å²) in [4.78, 5) is 29.7. The van der Waals surface area contributed by atoms with Gasteiger partial charge in [-0.15, -0.1) is 11.3 Å². The Kier molecular flexibility index (Phi) is 4.00. The molecule has 0 unspecified atom stereocenters. The summed E-state index contributed by atoms with van der Waals surface area (Å²) in [6.07, 6.45) is 0.752. The molecule has 0 saturated heterocycles. The van der Waals surface area contributed by atoms with Crippen LogP contribution in [0.4, 0.5) is 11.5 Å². The molecule has 102 valence electrons. The first-order valence-corrected chi connectivity index (χ1v) is 6.81. The zero-order valence-electron chi connectivity index (χ0n) is 10.5. The molecular formula is C11H15N5O2S. The summed E-state index contributed by atoms with van der Waals surface area (Å²) in [5.74, 6) is 0.158. The molecule has 0 saturated carbocycles. The van der Waals surface area contributed by atoms with E-state index in [4.69, 9.17) is 5.73 Å². The summed E-state index contributed by atoms with van der Waals surface area (Å²) in [5, 5.41) is 4.80. The Hall–Kier alpha value is -2.09. The monoisotopic (exact) mass is 281 g/mol. The molecule has 2 aromatic rings. The molecule has 4 N–H and O–H groups in total. The number of anilines is 2. The van der Waals surface area contributed by atoms with Crippen molar-refractivity contribution in [2.24, 2.45) is 0 Å². The van der Waals surface area contributed by atoms with Crippen molar-refractivity contribution >= 4 is 22.8 Å². The van der Waals surface area contributed by atoms with Gasteiger partial charge in [-0.3, -0.25) is 14.3 Å². The third-order valence-corrected chi connectivity index (χ3v) is 3.25. The van der Waals surface area contributed by atoms with E-state index >= 15 is 0 Å². The maximum atomic E-state index is 11.7. The number of rotatable bonds is 5. The van der Waals surface area contributed by atoms with Gasteiger partial charge in [-0.05, 0) is 6.42 Å². The minimum absolute atomic E-state index is 0.158. The SMILES string of the molecule is CCCn1c(N)c(NCc2cscn2)c(=O)[nH]c1=O. The van der Waals surface area contributed by atoms with Gasteiger partial charge in [0.15, 0.2) is 0 Å². The van der Waals surface area contributed by atoms with Gasteiger partial charge in [0, 0.05) is 11.9 Å². The van der Waals surface area contributed by atoms with Crippen molar-refractivity contribution in [1.29, 1.82) is 0 Å². The number of nitrogens with one attached hydrogen (secondary N) is 2. The lowest BCUT2D eigenvalue weighted by Gasteiger charge is -2.12. The van der Waals surface area contributed by atoms with Gasteiger partial charge in [-0.2, -0.15) is 0 Å². The lowest BCUT2D eigenvalue weighted by atomic mass is 10.4. The number of thiazole rings is 1. The Bertz CT molecular complexity index is 659. The maximum absolute atomic E-state index is 11.7. The number of aromatic nitrogens is 3. The number of H-pyrrole nitrogens is 1.